The number of fused-ring (bicyclic) bond motifs is 1. The van der Waals surface area contributed by atoms with Crippen molar-refractivity contribution in [1.82, 2.24) is 15.0 Å². The summed E-state index contributed by atoms with van der Waals surface area (Å²) in [5.41, 5.74) is 8.46. The van der Waals surface area contributed by atoms with Gasteiger partial charge in [0.1, 0.15) is 10.8 Å². The van der Waals surface area contributed by atoms with Gasteiger partial charge in [0.25, 0.3) is 0 Å². The summed E-state index contributed by atoms with van der Waals surface area (Å²) in [6, 6.07) is 9.76. The second kappa shape index (κ2) is 6.15. The molecule has 21 heavy (non-hydrogen) atoms. The number of ether oxygens (including phenoxy) is 1. The van der Waals surface area contributed by atoms with Gasteiger partial charge in [0.15, 0.2) is 5.16 Å². The van der Waals surface area contributed by atoms with Crippen molar-refractivity contribution in [2.75, 3.05) is 6.61 Å². The smallest absolute Gasteiger partial charge is 0.172 e. The molecule has 0 amide bonds. The highest BCUT2D eigenvalue weighted by atomic mass is 32.2. The van der Waals surface area contributed by atoms with E-state index in [1.807, 2.05) is 37.3 Å². The van der Waals surface area contributed by atoms with Crippen LogP contribution in [0.15, 0.2) is 46.7 Å². The van der Waals surface area contributed by atoms with E-state index in [9.17, 15) is 0 Å². The van der Waals surface area contributed by atoms with Crippen LogP contribution in [-0.2, 0) is 6.54 Å². The summed E-state index contributed by atoms with van der Waals surface area (Å²) in [6.07, 6.45) is 1.79. The number of nitrogens with two attached hydrogens (primary N) is 1. The molecular weight excluding hydrogens is 284 g/mol. The standard InChI is InChI=1S/C15H16N4OS/c1-2-20-11-4-5-12-13(7-11)19-15(18-12)21-14-6-3-10(8-16)9-17-14/h3-7,9H,2,8,16H2,1H3,(H,18,19). The molecule has 0 fully saturated rings. The third kappa shape index (κ3) is 3.17. The highest BCUT2D eigenvalue weighted by molar-refractivity contribution is 7.99. The topological polar surface area (TPSA) is 76.8 Å². The number of H-pyrrole nitrogens is 1. The lowest BCUT2D eigenvalue weighted by Crippen LogP contribution is -1.96. The molecule has 3 rings (SSSR count). The lowest BCUT2D eigenvalue weighted by molar-refractivity contribution is 0.340. The molecule has 0 saturated heterocycles. The minimum atomic E-state index is 0.503. The van der Waals surface area contributed by atoms with Gasteiger partial charge in [0, 0.05) is 18.8 Å². The Labute approximate surface area is 126 Å². The number of hydrogen-bond acceptors (Lipinski definition) is 5. The number of pyridine rings is 1. The molecule has 0 atom stereocenters. The first-order valence-electron chi connectivity index (χ1n) is 6.74. The van der Waals surface area contributed by atoms with Crippen LogP contribution in [0.3, 0.4) is 0 Å². The zero-order valence-corrected chi connectivity index (χ0v) is 12.5. The molecule has 1 aromatic carbocycles. The predicted molar refractivity (Wildman–Crippen MR) is 83.5 cm³/mol. The molecule has 6 heteroatoms. The van der Waals surface area contributed by atoms with Crippen LogP contribution in [0, 0.1) is 0 Å². The van der Waals surface area contributed by atoms with Gasteiger partial charge in [-0.1, -0.05) is 6.07 Å². The van der Waals surface area contributed by atoms with Gasteiger partial charge in [-0.3, -0.25) is 0 Å². The van der Waals surface area contributed by atoms with Crippen LogP contribution in [0.1, 0.15) is 12.5 Å². The van der Waals surface area contributed by atoms with Crippen LogP contribution in [0.25, 0.3) is 11.0 Å². The monoisotopic (exact) mass is 300 g/mol. The van der Waals surface area contributed by atoms with E-state index >= 15 is 0 Å². The summed E-state index contributed by atoms with van der Waals surface area (Å²) in [6.45, 7) is 3.12. The molecule has 2 heterocycles. The Morgan fingerprint density at radius 2 is 2.19 bits per heavy atom. The number of benzene rings is 1. The fourth-order valence-electron chi connectivity index (χ4n) is 1.96. The average Bonchev–Trinajstić information content (AvgIpc) is 2.90. The zero-order valence-electron chi connectivity index (χ0n) is 11.7. The maximum Gasteiger partial charge on any atom is 0.172 e. The van der Waals surface area contributed by atoms with Crippen molar-refractivity contribution in [3.05, 3.63) is 42.1 Å². The first kappa shape index (κ1) is 13.9. The number of rotatable bonds is 5. The van der Waals surface area contributed by atoms with Gasteiger partial charge >= 0.3 is 0 Å². The normalized spacial score (nSPS) is 11.0. The SMILES string of the molecule is CCOc1ccc2nc(Sc3ccc(CN)cn3)[nH]c2c1. The van der Waals surface area contributed by atoms with E-state index in [1.165, 1.54) is 11.8 Å². The quantitative estimate of drug-likeness (QED) is 0.757. The van der Waals surface area contributed by atoms with Gasteiger partial charge in [0.2, 0.25) is 0 Å². The van der Waals surface area contributed by atoms with E-state index in [0.717, 1.165) is 32.5 Å². The Hall–Kier alpha value is -2.05. The van der Waals surface area contributed by atoms with Crippen molar-refractivity contribution in [2.24, 2.45) is 5.73 Å². The Morgan fingerprint density at radius 3 is 2.90 bits per heavy atom. The second-order valence-corrected chi connectivity index (χ2v) is 5.47. The molecule has 5 nitrogen and oxygen atoms in total. The molecule has 0 aliphatic rings. The maximum absolute atomic E-state index is 5.57. The molecule has 3 aromatic rings. The first-order chi connectivity index (χ1) is 10.3. The number of hydrogen-bond donors (Lipinski definition) is 2. The van der Waals surface area contributed by atoms with Gasteiger partial charge in [0.05, 0.1) is 17.6 Å². The van der Waals surface area contributed by atoms with Crippen molar-refractivity contribution in [3.63, 3.8) is 0 Å². The van der Waals surface area contributed by atoms with Crippen molar-refractivity contribution in [1.29, 1.82) is 0 Å². The van der Waals surface area contributed by atoms with Crippen LogP contribution in [0.5, 0.6) is 5.75 Å². The summed E-state index contributed by atoms with van der Waals surface area (Å²) < 4.78 is 5.49. The Balaban J connectivity index is 1.83. The number of aromatic nitrogens is 3. The van der Waals surface area contributed by atoms with Gasteiger partial charge in [-0.15, -0.1) is 0 Å². The Morgan fingerprint density at radius 1 is 1.29 bits per heavy atom. The largest absolute Gasteiger partial charge is 0.494 e. The molecule has 0 aliphatic carbocycles. The van der Waals surface area contributed by atoms with E-state index in [1.54, 1.807) is 6.20 Å². The number of nitrogens with one attached hydrogen (secondary N) is 1. The van der Waals surface area contributed by atoms with Crippen molar-refractivity contribution >= 4 is 22.8 Å². The fraction of sp³-hybridized carbons (Fsp3) is 0.200. The molecule has 2 aromatic heterocycles. The molecule has 0 bridgehead atoms. The molecule has 3 N–H and O–H groups in total. The Bertz CT molecular complexity index is 739. The third-order valence-corrected chi connectivity index (χ3v) is 3.81. The summed E-state index contributed by atoms with van der Waals surface area (Å²) in [7, 11) is 0. The fourth-order valence-corrected chi connectivity index (χ4v) is 2.71. The molecule has 0 spiro atoms. The van der Waals surface area contributed by atoms with Crippen LogP contribution < -0.4 is 10.5 Å². The highest BCUT2D eigenvalue weighted by Crippen LogP contribution is 2.27. The molecule has 0 unspecified atom stereocenters. The molecule has 0 saturated carbocycles. The van der Waals surface area contributed by atoms with E-state index in [4.69, 9.17) is 10.5 Å². The summed E-state index contributed by atoms with van der Waals surface area (Å²) in [4.78, 5) is 12.2. The predicted octanol–water partition coefficient (Wildman–Crippen LogP) is 2.97. The number of nitrogens with zero attached hydrogens (tertiary/aromatic N) is 2. The second-order valence-electron chi connectivity index (χ2n) is 4.46. The summed E-state index contributed by atoms with van der Waals surface area (Å²) >= 11 is 1.49. The van der Waals surface area contributed by atoms with Gasteiger partial charge in [-0.2, -0.15) is 0 Å². The molecule has 108 valence electrons. The highest BCUT2D eigenvalue weighted by Gasteiger charge is 2.06. The van der Waals surface area contributed by atoms with Crippen LogP contribution in [-0.4, -0.2) is 21.6 Å². The summed E-state index contributed by atoms with van der Waals surface area (Å²) in [5, 5.41) is 1.70. The van der Waals surface area contributed by atoms with Crippen molar-refractivity contribution in [2.45, 2.75) is 23.7 Å². The van der Waals surface area contributed by atoms with Crippen LogP contribution in [0.2, 0.25) is 0 Å². The van der Waals surface area contributed by atoms with E-state index in [2.05, 4.69) is 15.0 Å². The molecule has 0 aliphatic heterocycles. The lowest BCUT2D eigenvalue weighted by atomic mass is 10.3. The van der Waals surface area contributed by atoms with E-state index < -0.39 is 0 Å². The average molecular weight is 300 g/mol. The minimum Gasteiger partial charge on any atom is -0.494 e. The van der Waals surface area contributed by atoms with E-state index in [0.29, 0.717) is 13.2 Å². The van der Waals surface area contributed by atoms with Crippen LogP contribution in [0.4, 0.5) is 0 Å². The third-order valence-electron chi connectivity index (χ3n) is 2.98. The van der Waals surface area contributed by atoms with Crippen molar-refractivity contribution < 1.29 is 4.74 Å². The maximum atomic E-state index is 5.57. The molecule has 0 radical (unpaired) electrons. The number of imidazole rings is 1. The van der Waals surface area contributed by atoms with E-state index in [-0.39, 0.29) is 0 Å². The first-order valence-corrected chi connectivity index (χ1v) is 7.55. The zero-order chi connectivity index (χ0) is 14.7. The Kier molecular flexibility index (Phi) is 4.08. The van der Waals surface area contributed by atoms with Gasteiger partial charge in [-0.05, 0) is 42.4 Å². The van der Waals surface area contributed by atoms with Gasteiger partial charge in [-0.25, -0.2) is 9.97 Å². The van der Waals surface area contributed by atoms with Gasteiger partial charge < -0.3 is 15.5 Å². The summed E-state index contributed by atoms with van der Waals surface area (Å²) in [5.74, 6) is 0.843. The lowest BCUT2D eigenvalue weighted by Gasteiger charge is -2.00. The molecular formula is C15H16N4OS. The van der Waals surface area contributed by atoms with Crippen molar-refractivity contribution in [3.8, 4) is 5.75 Å². The minimum absolute atomic E-state index is 0.503. The van der Waals surface area contributed by atoms with Crippen LogP contribution >= 0.6 is 11.8 Å². The number of aromatic amines is 1.